The van der Waals surface area contributed by atoms with Crippen LogP contribution >= 0.6 is 0 Å². The summed E-state index contributed by atoms with van der Waals surface area (Å²) in [6.45, 7) is 0.639. The largest absolute Gasteiger partial charge is 0.492 e. The fraction of sp³-hybridized carbons (Fsp3) is 0.250. The summed E-state index contributed by atoms with van der Waals surface area (Å²) in [5.74, 6) is 0.497. The summed E-state index contributed by atoms with van der Waals surface area (Å²) in [5, 5.41) is 33.9. The number of aliphatic hydroxyl groups is 1. The Kier molecular flexibility index (Phi) is 6.38. The number of nitrogens with one attached hydrogen (secondary N) is 1. The number of nitro benzene ring substituents is 2. The zero-order chi connectivity index (χ0) is 18.2. The van der Waals surface area contributed by atoms with Crippen LogP contribution in [0.15, 0.2) is 48.5 Å². The Morgan fingerprint density at radius 3 is 2.00 bits per heavy atom. The van der Waals surface area contributed by atoms with Crippen LogP contribution in [-0.4, -0.2) is 34.3 Å². The van der Waals surface area contributed by atoms with Gasteiger partial charge in [0.15, 0.2) is 0 Å². The number of nitro groups is 2. The second kappa shape index (κ2) is 8.71. The van der Waals surface area contributed by atoms with Gasteiger partial charge in [-0.2, -0.15) is 0 Å². The van der Waals surface area contributed by atoms with Gasteiger partial charge in [-0.05, 0) is 17.7 Å². The van der Waals surface area contributed by atoms with Crippen LogP contribution in [0.2, 0.25) is 0 Å². The summed E-state index contributed by atoms with van der Waals surface area (Å²) in [6.07, 6.45) is -0.517. The van der Waals surface area contributed by atoms with Crippen LogP contribution in [0.1, 0.15) is 5.56 Å². The summed E-state index contributed by atoms with van der Waals surface area (Å²) in [7, 11) is 0. The van der Waals surface area contributed by atoms with E-state index in [0.29, 0.717) is 18.7 Å². The van der Waals surface area contributed by atoms with Crippen molar-refractivity contribution < 1.29 is 19.7 Å². The monoisotopic (exact) mass is 347 g/mol. The first-order valence-electron chi connectivity index (χ1n) is 7.48. The molecule has 0 radical (unpaired) electrons. The van der Waals surface area contributed by atoms with Gasteiger partial charge in [0.05, 0.1) is 9.85 Å². The molecule has 2 aromatic rings. The Morgan fingerprint density at radius 1 is 0.960 bits per heavy atom. The molecule has 9 nitrogen and oxygen atoms in total. The number of hydrogen-bond donors (Lipinski definition) is 2. The third-order valence-electron chi connectivity index (χ3n) is 3.37. The molecule has 0 aliphatic carbocycles. The zero-order valence-corrected chi connectivity index (χ0v) is 13.2. The van der Waals surface area contributed by atoms with Gasteiger partial charge in [0.25, 0.3) is 11.4 Å². The van der Waals surface area contributed by atoms with Crippen LogP contribution in [-0.2, 0) is 6.42 Å². The van der Waals surface area contributed by atoms with Crippen molar-refractivity contribution in [2.24, 2.45) is 0 Å². The Morgan fingerprint density at radius 2 is 1.48 bits per heavy atom. The number of hydrogen-bond acceptors (Lipinski definition) is 7. The molecule has 1 atom stereocenters. The minimum Gasteiger partial charge on any atom is -0.492 e. The number of aliphatic hydroxyl groups excluding tert-OH is 1. The number of benzene rings is 2. The number of nitrogens with zero attached hydrogens (tertiary/aromatic N) is 2. The van der Waals surface area contributed by atoms with Crippen molar-refractivity contribution in [3.8, 4) is 5.75 Å². The number of non-ortho nitro benzene ring substituents is 2. The average Bonchev–Trinajstić information content (AvgIpc) is 2.59. The molecule has 0 saturated heterocycles. The SMILES string of the molecule is O=[N+]([O-])c1ccc(CC(O)NCCOc2ccc([N+](=O)[O-])cc2)cc1. The predicted octanol–water partition coefficient (Wildman–Crippen LogP) is 2.03. The smallest absolute Gasteiger partial charge is 0.269 e. The summed E-state index contributed by atoms with van der Waals surface area (Å²) in [4.78, 5) is 20.2. The zero-order valence-electron chi connectivity index (χ0n) is 13.2. The Labute approximate surface area is 143 Å². The van der Waals surface area contributed by atoms with Gasteiger partial charge in [0.1, 0.15) is 18.6 Å². The highest BCUT2D eigenvalue weighted by molar-refractivity contribution is 5.36. The van der Waals surface area contributed by atoms with Gasteiger partial charge < -0.3 is 9.84 Å². The maximum absolute atomic E-state index is 10.6. The van der Waals surface area contributed by atoms with Crippen molar-refractivity contribution in [2.75, 3.05) is 13.2 Å². The second-order valence-electron chi connectivity index (χ2n) is 5.20. The van der Waals surface area contributed by atoms with Gasteiger partial charge >= 0.3 is 0 Å². The van der Waals surface area contributed by atoms with Gasteiger partial charge in [0.2, 0.25) is 0 Å². The first-order valence-corrected chi connectivity index (χ1v) is 7.48. The highest BCUT2D eigenvalue weighted by Gasteiger charge is 2.08. The van der Waals surface area contributed by atoms with E-state index in [0.717, 1.165) is 5.56 Å². The molecule has 0 spiro atoms. The van der Waals surface area contributed by atoms with Crippen molar-refractivity contribution in [3.63, 3.8) is 0 Å². The first-order chi connectivity index (χ1) is 12.0. The molecule has 0 aromatic heterocycles. The van der Waals surface area contributed by atoms with Crippen molar-refractivity contribution in [1.29, 1.82) is 0 Å². The van der Waals surface area contributed by atoms with E-state index >= 15 is 0 Å². The average molecular weight is 347 g/mol. The molecule has 2 aromatic carbocycles. The molecule has 0 saturated carbocycles. The number of ether oxygens (including phenoxy) is 1. The lowest BCUT2D eigenvalue weighted by atomic mass is 10.1. The standard InChI is InChI=1S/C16H17N3O6/c20-16(11-12-1-3-13(4-2-12)18(21)22)17-9-10-25-15-7-5-14(6-8-15)19(23)24/h1-8,16-17,20H,9-11H2. The lowest BCUT2D eigenvalue weighted by Crippen LogP contribution is -2.34. The normalized spacial score (nSPS) is 11.7. The van der Waals surface area contributed by atoms with Crippen LogP contribution in [0.5, 0.6) is 5.75 Å². The fourth-order valence-corrected chi connectivity index (χ4v) is 2.11. The molecular weight excluding hydrogens is 330 g/mol. The van der Waals surface area contributed by atoms with E-state index in [2.05, 4.69) is 5.32 Å². The molecule has 25 heavy (non-hydrogen) atoms. The lowest BCUT2D eigenvalue weighted by molar-refractivity contribution is -0.385. The van der Waals surface area contributed by atoms with Crippen molar-refractivity contribution >= 4 is 11.4 Å². The van der Waals surface area contributed by atoms with Gasteiger partial charge in [-0.15, -0.1) is 0 Å². The van der Waals surface area contributed by atoms with Gasteiger partial charge in [0, 0.05) is 37.2 Å². The minimum absolute atomic E-state index is 0.00250. The highest BCUT2D eigenvalue weighted by Crippen LogP contribution is 2.17. The Balaban J connectivity index is 1.70. The maximum Gasteiger partial charge on any atom is 0.269 e. The van der Waals surface area contributed by atoms with Crippen molar-refractivity contribution in [2.45, 2.75) is 12.6 Å². The van der Waals surface area contributed by atoms with Crippen LogP contribution < -0.4 is 10.1 Å². The molecule has 0 amide bonds. The molecule has 9 heteroatoms. The Bertz CT molecular complexity index is 718. The third kappa shape index (κ3) is 5.83. The fourth-order valence-electron chi connectivity index (χ4n) is 2.11. The second-order valence-corrected chi connectivity index (χ2v) is 5.20. The van der Waals surface area contributed by atoms with Crippen molar-refractivity contribution in [1.82, 2.24) is 5.32 Å². The molecule has 2 rings (SSSR count). The predicted molar refractivity (Wildman–Crippen MR) is 89.4 cm³/mol. The summed E-state index contributed by atoms with van der Waals surface area (Å²) < 4.78 is 5.41. The van der Waals surface area contributed by atoms with E-state index in [9.17, 15) is 25.3 Å². The van der Waals surface area contributed by atoms with E-state index in [1.54, 1.807) is 12.1 Å². The van der Waals surface area contributed by atoms with E-state index in [4.69, 9.17) is 4.74 Å². The van der Waals surface area contributed by atoms with E-state index in [1.165, 1.54) is 36.4 Å². The minimum atomic E-state index is -0.818. The Hall–Kier alpha value is -3.04. The topological polar surface area (TPSA) is 128 Å². The molecule has 1 unspecified atom stereocenters. The van der Waals surface area contributed by atoms with E-state index < -0.39 is 16.1 Å². The molecule has 2 N–H and O–H groups in total. The molecule has 0 heterocycles. The highest BCUT2D eigenvalue weighted by atomic mass is 16.6. The summed E-state index contributed by atoms with van der Waals surface area (Å²) in [6, 6.07) is 11.7. The van der Waals surface area contributed by atoms with E-state index in [-0.39, 0.29) is 18.0 Å². The van der Waals surface area contributed by atoms with Gasteiger partial charge in [-0.3, -0.25) is 25.5 Å². The molecule has 0 aliphatic rings. The quantitative estimate of drug-likeness (QED) is 0.307. The third-order valence-corrected chi connectivity index (χ3v) is 3.37. The molecule has 0 fully saturated rings. The van der Waals surface area contributed by atoms with Crippen molar-refractivity contribution in [3.05, 3.63) is 74.3 Å². The summed E-state index contributed by atoms with van der Waals surface area (Å²) >= 11 is 0. The molecule has 132 valence electrons. The maximum atomic E-state index is 10.6. The van der Waals surface area contributed by atoms with Gasteiger partial charge in [-0.1, -0.05) is 12.1 Å². The molecule has 0 bridgehead atoms. The molecular formula is C16H17N3O6. The van der Waals surface area contributed by atoms with Crippen LogP contribution in [0.25, 0.3) is 0 Å². The molecule has 0 aliphatic heterocycles. The number of rotatable bonds is 9. The lowest BCUT2D eigenvalue weighted by Gasteiger charge is -2.13. The van der Waals surface area contributed by atoms with Crippen LogP contribution in [0.3, 0.4) is 0 Å². The van der Waals surface area contributed by atoms with Crippen LogP contribution in [0, 0.1) is 20.2 Å². The van der Waals surface area contributed by atoms with Gasteiger partial charge in [-0.25, -0.2) is 0 Å². The first kappa shape index (κ1) is 18.3. The summed E-state index contributed by atoms with van der Waals surface area (Å²) in [5.41, 5.74) is 0.758. The van der Waals surface area contributed by atoms with Crippen LogP contribution in [0.4, 0.5) is 11.4 Å². The van der Waals surface area contributed by atoms with E-state index in [1.807, 2.05) is 0 Å².